The highest BCUT2D eigenvalue weighted by molar-refractivity contribution is 5.53. The highest BCUT2D eigenvalue weighted by Crippen LogP contribution is 2.21. The summed E-state index contributed by atoms with van der Waals surface area (Å²) in [6, 6.07) is 1.91. The van der Waals surface area contributed by atoms with Gasteiger partial charge in [-0.15, -0.1) is 0 Å². The lowest BCUT2D eigenvalue weighted by molar-refractivity contribution is 0.568. The summed E-state index contributed by atoms with van der Waals surface area (Å²) in [5.74, 6) is 0.780. The molecule has 0 aliphatic heterocycles. The molecule has 0 aliphatic rings. The molecule has 4 heteroatoms. The van der Waals surface area contributed by atoms with Crippen LogP contribution in [0.3, 0.4) is 0 Å². The van der Waals surface area contributed by atoms with Gasteiger partial charge < -0.3 is 9.73 Å². The molecule has 0 radical (unpaired) electrons. The molecule has 0 fully saturated rings. The van der Waals surface area contributed by atoms with Crippen molar-refractivity contribution in [3.63, 3.8) is 0 Å². The number of aryl methyl sites for hydroxylation is 2. The summed E-state index contributed by atoms with van der Waals surface area (Å²) >= 11 is 0. The third kappa shape index (κ3) is 3.91. The first-order chi connectivity index (χ1) is 10.3. The molecular formula is C17H25N3O. The third-order valence-electron chi connectivity index (χ3n) is 3.61. The van der Waals surface area contributed by atoms with Crippen LogP contribution in [0.15, 0.2) is 23.0 Å². The van der Waals surface area contributed by atoms with Gasteiger partial charge in [-0.3, -0.25) is 0 Å². The van der Waals surface area contributed by atoms with Crippen molar-refractivity contribution < 1.29 is 4.42 Å². The van der Waals surface area contributed by atoms with Gasteiger partial charge in [0.05, 0.1) is 11.8 Å². The fraction of sp³-hybridized carbons (Fsp3) is 0.529. The SMILES string of the molecule is CCCNCCc1c(CC)nc(-c2ccoc2)nc1CC. The smallest absolute Gasteiger partial charge is 0.162 e. The summed E-state index contributed by atoms with van der Waals surface area (Å²) in [6.45, 7) is 8.55. The monoisotopic (exact) mass is 287 g/mol. The maximum Gasteiger partial charge on any atom is 0.162 e. The highest BCUT2D eigenvalue weighted by Gasteiger charge is 2.13. The van der Waals surface area contributed by atoms with Crippen LogP contribution in [0, 0.1) is 0 Å². The minimum Gasteiger partial charge on any atom is -0.472 e. The van der Waals surface area contributed by atoms with Gasteiger partial charge in [0.25, 0.3) is 0 Å². The zero-order valence-electron chi connectivity index (χ0n) is 13.3. The van der Waals surface area contributed by atoms with Crippen molar-refractivity contribution in [3.8, 4) is 11.4 Å². The van der Waals surface area contributed by atoms with E-state index in [0.29, 0.717) is 0 Å². The lowest BCUT2D eigenvalue weighted by Gasteiger charge is -2.14. The van der Waals surface area contributed by atoms with Gasteiger partial charge in [0.2, 0.25) is 0 Å². The van der Waals surface area contributed by atoms with E-state index in [1.54, 1.807) is 12.5 Å². The molecule has 0 atom stereocenters. The topological polar surface area (TPSA) is 51.0 Å². The van der Waals surface area contributed by atoms with E-state index in [0.717, 1.165) is 61.5 Å². The number of hydrogen-bond donors (Lipinski definition) is 1. The Kier molecular flexibility index (Phi) is 5.93. The van der Waals surface area contributed by atoms with E-state index < -0.39 is 0 Å². The zero-order chi connectivity index (χ0) is 15.1. The quantitative estimate of drug-likeness (QED) is 0.756. The summed E-state index contributed by atoms with van der Waals surface area (Å²) in [7, 11) is 0. The molecule has 0 aromatic carbocycles. The lowest BCUT2D eigenvalue weighted by atomic mass is 10.0. The van der Waals surface area contributed by atoms with Crippen molar-refractivity contribution >= 4 is 0 Å². The number of aromatic nitrogens is 2. The average molecular weight is 287 g/mol. The molecule has 21 heavy (non-hydrogen) atoms. The van der Waals surface area contributed by atoms with Crippen LogP contribution < -0.4 is 5.32 Å². The van der Waals surface area contributed by atoms with Gasteiger partial charge in [0.15, 0.2) is 5.82 Å². The molecule has 1 N–H and O–H groups in total. The van der Waals surface area contributed by atoms with Crippen LogP contribution in [-0.2, 0) is 19.3 Å². The summed E-state index contributed by atoms with van der Waals surface area (Å²) in [5.41, 5.74) is 4.60. The molecule has 0 amide bonds. The Balaban J connectivity index is 2.26. The van der Waals surface area contributed by atoms with E-state index in [1.165, 1.54) is 5.56 Å². The van der Waals surface area contributed by atoms with E-state index in [-0.39, 0.29) is 0 Å². The summed E-state index contributed by atoms with van der Waals surface area (Å²) in [5, 5.41) is 3.46. The lowest BCUT2D eigenvalue weighted by Crippen LogP contribution is -2.20. The molecule has 0 aliphatic carbocycles. The number of nitrogens with one attached hydrogen (secondary N) is 1. The van der Waals surface area contributed by atoms with E-state index >= 15 is 0 Å². The minimum absolute atomic E-state index is 0.780. The second kappa shape index (κ2) is 7.93. The van der Waals surface area contributed by atoms with Gasteiger partial charge in [-0.2, -0.15) is 0 Å². The highest BCUT2D eigenvalue weighted by atomic mass is 16.3. The molecule has 2 aromatic rings. The van der Waals surface area contributed by atoms with Crippen molar-refractivity contribution in [2.75, 3.05) is 13.1 Å². The Labute approximate surface area is 127 Å². The molecular weight excluding hydrogens is 262 g/mol. The number of rotatable bonds is 8. The minimum atomic E-state index is 0.780. The number of nitrogens with zero attached hydrogens (tertiary/aromatic N) is 2. The summed E-state index contributed by atoms with van der Waals surface area (Å²) < 4.78 is 5.15. The summed E-state index contributed by atoms with van der Waals surface area (Å²) in [4.78, 5) is 9.48. The predicted octanol–water partition coefficient (Wildman–Crippen LogP) is 3.40. The molecule has 114 valence electrons. The molecule has 0 spiro atoms. The fourth-order valence-corrected chi connectivity index (χ4v) is 2.49. The first-order valence-corrected chi connectivity index (χ1v) is 7.92. The van der Waals surface area contributed by atoms with E-state index in [2.05, 4.69) is 26.1 Å². The second-order valence-corrected chi connectivity index (χ2v) is 5.14. The van der Waals surface area contributed by atoms with Gasteiger partial charge >= 0.3 is 0 Å². The van der Waals surface area contributed by atoms with Gasteiger partial charge in [-0.25, -0.2) is 9.97 Å². The molecule has 2 aromatic heterocycles. The molecule has 0 saturated carbocycles. The van der Waals surface area contributed by atoms with Gasteiger partial charge in [-0.1, -0.05) is 20.8 Å². The molecule has 2 heterocycles. The molecule has 0 bridgehead atoms. The maximum atomic E-state index is 5.15. The molecule has 0 saturated heterocycles. The Hall–Kier alpha value is -1.68. The Morgan fingerprint density at radius 1 is 1.05 bits per heavy atom. The predicted molar refractivity (Wildman–Crippen MR) is 85.4 cm³/mol. The van der Waals surface area contributed by atoms with E-state index in [4.69, 9.17) is 14.4 Å². The largest absolute Gasteiger partial charge is 0.472 e. The van der Waals surface area contributed by atoms with Crippen LogP contribution in [-0.4, -0.2) is 23.1 Å². The first kappa shape index (κ1) is 15.7. The second-order valence-electron chi connectivity index (χ2n) is 5.14. The maximum absolute atomic E-state index is 5.15. The molecule has 0 unspecified atom stereocenters. The van der Waals surface area contributed by atoms with Gasteiger partial charge in [0, 0.05) is 11.4 Å². The van der Waals surface area contributed by atoms with Crippen molar-refractivity contribution in [2.24, 2.45) is 0 Å². The zero-order valence-corrected chi connectivity index (χ0v) is 13.3. The van der Waals surface area contributed by atoms with Crippen molar-refractivity contribution in [1.82, 2.24) is 15.3 Å². The van der Waals surface area contributed by atoms with E-state index in [9.17, 15) is 0 Å². The average Bonchev–Trinajstić information content (AvgIpc) is 3.05. The van der Waals surface area contributed by atoms with Crippen LogP contribution in [0.4, 0.5) is 0 Å². The van der Waals surface area contributed by atoms with Crippen molar-refractivity contribution in [3.05, 3.63) is 35.5 Å². The van der Waals surface area contributed by atoms with Crippen LogP contribution in [0.25, 0.3) is 11.4 Å². The Morgan fingerprint density at radius 3 is 2.29 bits per heavy atom. The standard InChI is InChI=1S/C17H25N3O/c1-4-9-18-10-7-14-15(5-2)19-17(20-16(14)6-3)13-8-11-21-12-13/h8,11-12,18H,4-7,9-10H2,1-3H3. The Bertz CT molecular complexity index is 524. The van der Waals surface area contributed by atoms with Crippen molar-refractivity contribution in [1.29, 1.82) is 0 Å². The first-order valence-electron chi connectivity index (χ1n) is 7.92. The van der Waals surface area contributed by atoms with Crippen LogP contribution in [0.2, 0.25) is 0 Å². The van der Waals surface area contributed by atoms with Gasteiger partial charge in [0.1, 0.15) is 6.26 Å². The van der Waals surface area contributed by atoms with E-state index in [1.807, 2.05) is 6.07 Å². The van der Waals surface area contributed by atoms with Crippen LogP contribution >= 0.6 is 0 Å². The third-order valence-corrected chi connectivity index (χ3v) is 3.61. The van der Waals surface area contributed by atoms with Gasteiger partial charge in [-0.05, 0) is 50.4 Å². The Morgan fingerprint density at radius 2 is 1.76 bits per heavy atom. The fourth-order valence-electron chi connectivity index (χ4n) is 2.49. The molecule has 4 nitrogen and oxygen atoms in total. The van der Waals surface area contributed by atoms with Crippen LogP contribution in [0.1, 0.15) is 44.1 Å². The number of hydrogen-bond acceptors (Lipinski definition) is 4. The normalized spacial score (nSPS) is 11.0. The van der Waals surface area contributed by atoms with Crippen LogP contribution in [0.5, 0.6) is 0 Å². The molecule has 2 rings (SSSR count). The summed E-state index contributed by atoms with van der Waals surface area (Å²) in [6.07, 6.45) is 7.40. The number of furan rings is 1. The van der Waals surface area contributed by atoms with Crippen molar-refractivity contribution in [2.45, 2.75) is 46.5 Å².